The van der Waals surface area contributed by atoms with Gasteiger partial charge in [0.2, 0.25) is 0 Å². The molecule has 250 valence electrons. The maximum atomic E-state index is 9.67. The van der Waals surface area contributed by atoms with Crippen molar-refractivity contribution in [1.82, 2.24) is 0 Å². The molecule has 0 amide bonds. The third-order valence-electron chi connectivity index (χ3n) is 10.4. The summed E-state index contributed by atoms with van der Waals surface area (Å²) in [5, 5.41) is 18.5. The highest BCUT2D eigenvalue weighted by molar-refractivity contribution is 5.22. The Bertz CT molecular complexity index is 1050. The summed E-state index contributed by atoms with van der Waals surface area (Å²) < 4.78 is 0. The number of benzene rings is 2. The molecule has 0 heterocycles. The van der Waals surface area contributed by atoms with Gasteiger partial charge in [-0.15, -0.1) is 0 Å². The highest BCUT2D eigenvalue weighted by Crippen LogP contribution is 2.52. The molecule has 0 fully saturated rings. The molecule has 4 N–H and O–H groups in total. The van der Waals surface area contributed by atoms with Gasteiger partial charge in [-0.25, -0.2) is 0 Å². The number of aryl methyl sites for hydroxylation is 1. The zero-order valence-electron chi connectivity index (χ0n) is 30.3. The van der Waals surface area contributed by atoms with Gasteiger partial charge in [0.15, 0.2) is 0 Å². The first kappa shape index (κ1) is 40.1. The Kier molecular flexibility index (Phi) is 16.6. The molecule has 2 aromatic carbocycles. The molecule has 3 nitrogen and oxygen atoms in total. The molecule has 1 atom stereocenters. The summed E-state index contributed by atoms with van der Waals surface area (Å²) in [5.74, 6) is 0.408. The molecular weight excluding hydrogens is 538 g/mol. The first-order valence-electron chi connectivity index (χ1n) is 17.1. The van der Waals surface area contributed by atoms with Crippen LogP contribution in [0, 0.1) is 27.1 Å². The van der Waals surface area contributed by atoms with Crippen LogP contribution in [-0.4, -0.2) is 30.0 Å². The minimum absolute atomic E-state index is 0.0461. The Morgan fingerprint density at radius 1 is 0.636 bits per heavy atom. The molecule has 0 saturated carbocycles. The second-order valence-corrected chi connectivity index (χ2v) is 16.6. The van der Waals surface area contributed by atoms with Crippen LogP contribution in [0.5, 0.6) is 0 Å². The lowest BCUT2D eigenvalue weighted by molar-refractivity contribution is 0.0620. The van der Waals surface area contributed by atoms with Gasteiger partial charge in [-0.1, -0.05) is 142 Å². The van der Waals surface area contributed by atoms with Gasteiger partial charge in [0.05, 0.1) is 0 Å². The van der Waals surface area contributed by atoms with E-state index in [9.17, 15) is 5.11 Å². The largest absolute Gasteiger partial charge is 0.396 e. The monoisotopic (exact) mass is 608 g/mol. The fraction of sp³-hybridized carbons (Fsp3) is 0.659. The van der Waals surface area contributed by atoms with Gasteiger partial charge in [-0.05, 0) is 102 Å². The Balaban J connectivity index is 0.000000539. The number of aliphatic hydroxyl groups excluding tert-OH is 2. The van der Waals surface area contributed by atoms with Crippen molar-refractivity contribution in [2.45, 2.75) is 127 Å². The molecule has 0 spiro atoms. The van der Waals surface area contributed by atoms with Crippen molar-refractivity contribution in [2.75, 3.05) is 19.8 Å². The second-order valence-electron chi connectivity index (χ2n) is 16.6. The van der Waals surface area contributed by atoms with Gasteiger partial charge in [0.1, 0.15) is 0 Å². The summed E-state index contributed by atoms with van der Waals surface area (Å²) in [6.45, 7) is 24.5. The van der Waals surface area contributed by atoms with Gasteiger partial charge in [0.25, 0.3) is 0 Å². The summed E-state index contributed by atoms with van der Waals surface area (Å²) in [6.07, 6.45) is 13.0. The number of hydrogen-bond acceptors (Lipinski definition) is 3. The lowest BCUT2D eigenvalue weighted by atomic mass is 9.58. The van der Waals surface area contributed by atoms with Crippen LogP contribution in [0.3, 0.4) is 0 Å². The third-order valence-corrected chi connectivity index (χ3v) is 10.4. The molecule has 2 aromatic rings. The van der Waals surface area contributed by atoms with Crippen molar-refractivity contribution < 1.29 is 10.2 Å². The molecule has 44 heavy (non-hydrogen) atoms. The van der Waals surface area contributed by atoms with E-state index in [1.54, 1.807) is 0 Å². The van der Waals surface area contributed by atoms with E-state index < -0.39 is 0 Å². The number of aliphatic hydroxyl groups is 2. The predicted octanol–water partition coefficient (Wildman–Crippen LogP) is 10.4. The van der Waals surface area contributed by atoms with Crippen molar-refractivity contribution >= 4 is 0 Å². The van der Waals surface area contributed by atoms with Crippen LogP contribution < -0.4 is 5.73 Å². The fourth-order valence-electron chi connectivity index (χ4n) is 5.73. The molecular formula is C41H69NO2. The zero-order chi connectivity index (χ0) is 33.5. The number of rotatable bonds is 18. The molecule has 3 heteroatoms. The molecule has 2 rings (SSSR count). The maximum Gasteiger partial charge on any atom is 0.0436 e. The fourth-order valence-corrected chi connectivity index (χ4v) is 5.73. The Hall–Kier alpha value is -1.94. The van der Waals surface area contributed by atoms with Crippen LogP contribution in [0.1, 0.15) is 131 Å². The van der Waals surface area contributed by atoms with Gasteiger partial charge in [-0.3, -0.25) is 0 Å². The van der Waals surface area contributed by atoms with E-state index >= 15 is 0 Å². The van der Waals surface area contributed by atoms with Gasteiger partial charge in [0, 0.05) is 13.2 Å². The molecule has 0 aromatic heterocycles. The molecule has 0 radical (unpaired) electrons. The van der Waals surface area contributed by atoms with Crippen LogP contribution in [0.15, 0.2) is 72.8 Å². The van der Waals surface area contributed by atoms with Crippen molar-refractivity contribution in [3.8, 4) is 0 Å². The van der Waals surface area contributed by atoms with E-state index in [0.29, 0.717) is 24.5 Å². The smallest absolute Gasteiger partial charge is 0.0436 e. The first-order valence-corrected chi connectivity index (χ1v) is 17.1. The predicted molar refractivity (Wildman–Crippen MR) is 193 cm³/mol. The molecule has 1 unspecified atom stereocenters. The standard InChI is InChI=1S/C27H47NO.C14H22O/c1-24(2,21-28)16-12-13-17-26(5,6)27(7,8)20-23(25(3,4)18-19-29)22-14-10-9-11-15-22;1-14(2,10-6-12-15)11-9-13-7-4-3-5-8-13/h9-15,23,29H,16-21,28H2,1-8H3;3-5,7-8,15H,6,9-12H2,1-2H3/b13-12+;. The van der Waals surface area contributed by atoms with Gasteiger partial charge < -0.3 is 15.9 Å². The lowest BCUT2D eigenvalue weighted by Crippen LogP contribution is -2.37. The van der Waals surface area contributed by atoms with E-state index in [-0.39, 0.29) is 28.3 Å². The third kappa shape index (κ3) is 14.4. The Labute approximate surface area is 272 Å². The Morgan fingerprint density at radius 2 is 1.18 bits per heavy atom. The second kappa shape index (κ2) is 18.3. The van der Waals surface area contributed by atoms with Crippen LogP contribution in [0.2, 0.25) is 0 Å². The van der Waals surface area contributed by atoms with Crippen LogP contribution in [-0.2, 0) is 6.42 Å². The topological polar surface area (TPSA) is 66.5 Å². The number of nitrogens with two attached hydrogens (primary N) is 1. The molecule has 0 aliphatic heterocycles. The highest BCUT2D eigenvalue weighted by atomic mass is 16.3. The van der Waals surface area contributed by atoms with Crippen molar-refractivity contribution in [3.63, 3.8) is 0 Å². The molecule has 0 aliphatic carbocycles. The van der Waals surface area contributed by atoms with E-state index in [4.69, 9.17) is 10.8 Å². The van der Waals surface area contributed by atoms with Crippen LogP contribution in [0.4, 0.5) is 0 Å². The summed E-state index contributed by atoms with van der Waals surface area (Å²) in [6, 6.07) is 21.5. The lowest BCUT2D eigenvalue weighted by Gasteiger charge is -2.47. The van der Waals surface area contributed by atoms with Crippen molar-refractivity contribution in [1.29, 1.82) is 0 Å². The van der Waals surface area contributed by atoms with E-state index in [1.165, 1.54) is 17.5 Å². The normalized spacial score (nSPS) is 13.9. The number of hydrogen-bond donors (Lipinski definition) is 3. The molecule has 0 aliphatic rings. The molecule has 0 bridgehead atoms. The summed E-state index contributed by atoms with van der Waals surface area (Å²) >= 11 is 0. The highest BCUT2D eigenvalue weighted by Gasteiger charge is 2.42. The average molecular weight is 608 g/mol. The van der Waals surface area contributed by atoms with E-state index in [2.05, 4.69) is 142 Å². The quantitative estimate of drug-likeness (QED) is 0.148. The summed E-state index contributed by atoms with van der Waals surface area (Å²) in [4.78, 5) is 0. The van der Waals surface area contributed by atoms with Crippen LogP contribution in [0.25, 0.3) is 0 Å². The van der Waals surface area contributed by atoms with E-state index in [1.807, 2.05) is 0 Å². The van der Waals surface area contributed by atoms with Gasteiger partial charge in [-0.2, -0.15) is 0 Å². The van der Waals surface area contributed by atoms with Gasteiger partial charge >= 0.3 is 0 Å². The SMILES string of the molecule is CC(C)(CCCO)CCc1ccccc1.CC(C)(CN)C/C=C/CC(C)(C)C(C)(C)CC(c1ccccc1)C(C)(C)CCO. The molecule has 0 saturated heterocycles. The minimum atomic E-state index is 0.0461. The maximum absolute atomic E-state index is 9.67. The number of allylic oxidation sites excluding steroid dienone is 2. The zero-order valence-corrected chi connectivity index (χ0v) is 30.3. The first-order chi connectivity index (χ1) is 20.4. The van der Waals surface area contributed by atoms with Crippen LogP contribution >= 0.6 is 0 Å². The average Bonchev–Trinajstić information content (AvgIpc) is 2.97. The van der Waals surface area contributed by atoms with Crippen molar-refractivity contribution in [3.05, 3.63) is 83.9 Å². The summed E-state index contributed by atoms with van der Waals surface area (Å²) in [5.41, 5.74) is 9.54. The van der Waals surface area contributed by atoms with Crippen molar-refractivity contribution in [2.24, 2.45) is 32.8 Å². The van der Waals surface area contributed by atoms with E-state index in [0.717, 1.165) is 44.9 Å². The minimum Gasteiger partial charge on any atom is -0.396 e. The summed E-state index contributed by atoms with van der Waals surface area (Å²) in [7, 11) is 0. The Morgan fingerprint density at radius 3 is 1.70 bits per heavy atom.